The summed E-state index contributed by atoms with van der Waals surface area (Å²) in [6, 6.07) is 11.7. The zero-order valence-electron chi connectivity index (χ0n) is 19.0. The second kappa shape index (κ2) is 11.1. The number of phenolic OH excluding ortho intramolecular Hbond substituents is 1. The van der Waals surface area contributed by atoms with E-state index in [1.54, 1.807) is 50.2 Å². The van der Waals surface area contributed by atoms with Gasteiger partial charge in [0.15, 0.2) is 11.6 Å². The van der Waals surface area contributed by atoms with Crippen LogP contribution < -0.4 is 4.74 Å². The number of rotatable bonds is 12. The van der Waals surface area contributed by atoms with E-state index in [1.165, 1.54) is 13.0 Å². The average molecular weight is 445 g/mol. The molecule has 2 aromatic carbocycles. The highest BCUT2D eigenvalue weighted by Gasteiger charge is 2.41. The fraction of sp³-hybridized carbons (Fsp3) is 0.440. The molecule has 0 aliphatic rings. The summed E-state index contributed by atoms with van der Waals surface area (Å²) in [6.07, 6.45) is 0.297. The van der Waals surface area contributed by atoms with Crippen molar-refractivity contribution in [3.8, 4) is 11.5 Å². The summed E-state index contributed by atoms with van der Waals surface area (Å²) in [5.41, 5.74) is 1.12. The van der Waals surface area contributed by atoms with Crippen molar-refractivity contribution in [1.82, 2.24) is 0 Å². The predicted molar refractivity (Wildman–Crippen MR) is 120 cm³/mol. The lowest BCUT2D eigenvalue weighted by Crippen LogP contribution is -2.42. The number of carbonyl (C=O) groups is 2. The van der Waals surface area contributed by atoms with Crippen LogP contribution in [0.2, 0.25) is 0 Å². The third-order valence-electron chi connectivity index (χ3n) is 5.36. The molecular formula is C25H32O7. The minimum atomic E-state index is -1.91. The van der Waals surface area contributed by atoms with Crippen molar-refractivity contribution in [2.24, 2.45) is 5.92 Å². The first kappa shape index (κ1) is 25.4. The molecular weight excluding hydrogens is 412 g/mol. The van der Waals surface area contributed by atoms with E-state index in [9.17, 15) is 24.9 Å². The normalized spacial score (nSPS) is 14.9. The Morgan fingerprint density at radius 3 is 2.28 bits per heavy atom. The van der Waals surface area contributed by atoms with Crippen LogP contribution in [0.25, 0.3) is 0 Å². The number of ether oxygens (including phenoxy) is 2. The molecule has 174 valence electrons. The third kappa shape index (κ3) is 5.87. The summed E-state index contributed by atoms with van der Waals surface area (Å²) in [4.78, 5) is 23.1. The quantitative estimate of drug-likeness (QED) is 0.323. The van der Waals surface area contributed by atoms with Gasteiger partial charge in [-0.3, -0.25) is 9.59 Å². The van der Waals surface area contributed by atoms with E-state index in [-0.39, 0.29) is 23.5 Å². The number of ketones is 1. The molecule has 0 aromatic heterocycles. The first-order valence-electron chi connectivity index (χ1n) is 10.8. The van der Waals surface area contributed by atoms with Crippen molar-refractivity contribution in [3.05, 3.63) is 59.2 Å². The van der Waals surface area contributed by atoms with Gasteiger partial charge in [-0.15, -0.1) is 0 Å². The average Bonchev–Trinajstić information content (AvgIpc) is 2.75. The van der Waals surface area contributed by atoms with E-state index in [1.807, 2.05) is 6.92 Å². The van der Waals surface area contributed by atoms with Crippen LogP contribution in [-0.4, -0.2) is 33.4 Å². The highest BCUT2D eigenvalue weighted by molar-refractivity contribution is 5.97. The van der Waals surface area contributed by atoms with Crippen LogP contribution in [0.1, 0.15) is 68.4 Å². The largest absolute Gasteiger partial charge is 0.507 e. The molecule has 0 aliphatic carbocycles. The lowest BCUT2D eigenvalue weighted by Gasteiger charge is -2.37. The molecule has 3 N–H and O–H groups in total. The summed E-state index contributed by atoms with van der Waals surface area (Å²) in [5, 5.41) is 31.3. The smallest absolute Gasteiger partial charge is 0.303 e. The monoisotopic (exact) mass is 444 g/mol. The number of carboxylic acid groups (broad SMARTS) is 1. The summed E-state index contributed by atoms with van der Waals surface area (Å²) in [7, 11) is 0. The summed E-state index contributed by atoms with van der Waals surface area (Å²) in [6.45, 7) is 6.73. The Kier molecular flexibility index (Phi) is 8.80. The molecule has 0 saturated heterocycles. The highest BCUT2D eigenvalue weighted by Crippen LogP contribution is 2.38. The lowest BCUT2D eigenvalue weighted by molar-refractivity contribution is -0.303. The van der Waals surface area contributed by atoms with E-state index in [2.05, 4.69) is 0 Å². The molecule has 0 heterocycles. The minimum Gasteiger partial charge on any atom is -0.507 e. The molecule has 0 radical (unpaired) electrons. The number of hydrogen-bond acceptors (Lipinski definition) is 6. The van der Waals surface area contributed by atoms with Crippen LogP contribution in [0.15, 0.2) is 42.5 Å². The first-order valence-corrected chi connectivity index (χ1v) is 10.8. The van der Waals surface area contributed by atoms with E-state index < -0.39 is 24.0 Å². The van der Waals surface area contributed by atoms with Crippen molar-refractivity contribution >= 4 is 11.8 Å². The van der Waals surface area contributed by atoms with Gasteiger partial charge in [0.05, 0.1) is 12.0 Å². The molecule has 2 aromatic rings. The van der Waals surface area contributed by atoms with Crippen molar-refractivity contribution in [3.63, 3.8) is 0 Å². The predicted octanol–water partition coefficient (Wildman–Crippen LogP) is 4.63. The van der Waals surface area contributed by atoms with Gasteiger partial charge in [-0.25, -0.2) is 0 Å². The molecule has 32 heavy (non-hydrogen) atoms. The number of aliphatic hydroxyl groups is 1. The van der Waals surface area contributed by atoms with Gasteiger partial charge in [-0.05, 0) is 25.5 Å². The maximum atomic E-state index is 11.8. The van der Waals surface area contributed by atoms with Crippen molar-refractivity contribution in [2.75, 3.05) is 0 Å². The van der Waals surface area contributed by atoms with E-state index in [0.717, 1.165) is 0 Å². The molecule has 3 unspecified atom stereocenters. The van der Waals surface area contributed by atoms with Gasteiger partial charge in [-0.2, -0.15) is 0 Å². The molecule has 0 saturated carbocycles. The van der Waals surface area contributed by atoms with Crippen LogP contribution in [0.3, 0.4) is 0 Å². The zero-order chi connectivity index (χ0) is 23.9. The SMILES string of the molecule is CCCc1c(OC(CC)OC(O)(c2ccccc2)C(C)CC(=O)O)ccc(C(C)=O)c1O. The fourth-order valence-electron chi connectivity index (χ4n) is 3.58. The Bertz CT molecular complexity index is 925. The fourth-order valence-corrected chi connectivity index (χ4v) is 3.58. The van der Waals surface area contributed by atoms with E-state index >= 15 is 0 Å². The van der Waals surface area contributed by atoms with Gasteiger partial charge in [0.2, 0.25) is 6.29 Å². The topological polar surface area (TPSA) is 113 Å². The molecule has 7 heteroatoms. The van der Waals surface area contributed by atoms with Crippen LogP contribution in [-0.2, 0) is 21.7 Å². The number of aromatic hydroxyl groups is 1. The van der Waals surface area contributed by atoms with Gasteiger partial charge in [0, 0.05) is 23.5 Å². The van der Waals surface area contributed by atoms with Gasteiger partial charge in [0.1, 0.15) is 11.5 Å². The number of carbonyl (C=O) groups excluding carboxylic acids is 1. The lowest BCUT2D eigenvalue weighted by atomic mass is 9.90. The summed E-state index contributed by atoms with van der Waals surface area (Å²) in [5.74, 6) is -3.77. The van der Waals surface area contributed by atoms with Crippen molar-refractivity contribution in [2.45, 2.75) is 65.5 Å². The van der Waals surface area contributed by atoms with Gasteiger partial charge < -0.3 is 24.8 Å². The number of Topliss-reactive ketones (excluding diaryl/α,β-unsaturated/α-hetero) is 1. The maximum Gasteiger partial charge on any atom is 0.303 e. The van der Waals surface area contributed by atoms with Crippen molar-refractivity contribution in [1.29, 1.82) is 0 Å². The number of aliphatic carboxylic acids is 1. The highest BCUT2D eigenvalue weighted by atomic mass is 16.7. The van der Waals surface area contributed by atoms with Crippen LogP contribution >= 0.6 is 0 Å². The Hall–Kier alpha value is -2.90. The minimum absolute atomic E-state index is 0.121. The van der Waals surface area contributed by atoms with Gasteiger partial charge in [-0.1, -0.05) is 57.5 Å². The van der Waals surface area contributed by atoms with Gasteiger partial charge >= 0.3 is 5.97 Å². The molecule has 0 spiro atoms. The third-order valence-corrected chi connectivity index (χ3v) is 5.36. The first-order chi connectivity index (χ1) is 15.1. The van der Waals surface area contributed by atoms with E-state index in [0.29, 0.717) is 36.1 Å². The van der Waals surface area contributed by atoms with Crippen LogP contribution in [0, 0.1) is 5.92 Å². The van der Waals surface area contributed by atoms with Crippen LogP contribution in [0.5, 0.6) is 11.5 Å². The molecule has 2 rings (SSSR count). The maximum absolute atomic E-state index is 11.8. The zero-order valence-corrected chi connectivity index (χ0v) is 19.0. The molecule has 0 fully saturated rings. The number of benzene rings is 2. The number of carboxylic acids is 1. The van der Waals surface area contributed by atoms with Gasteiger partial charge in [0.25, 0.3) is 0 Å². The second-order valence-corrected chi connectivity index (χ2v) is 7.88. The Balaban J connectivity index is 2.41. The molecule has 0 amide bonds. The Morgan fingerprint density at radius 1 is 1.09 bits per heavy atom. The molecule has 0 aliphatic heterocycles. The number of hydrogen-bond donors (Lipinski definition) is 3. The Morgan fingerprint density at radius 2 is 1.75 bits per heavy atom. The standard InChI is InChI=1S/C25H32O7/c1-5-10-20-21(14-13-19(17(4)26)24(20)29)31-23(6-2)32-25(30,16(3)15-22(27)28)18-11-8-7-9-12-18/h7-9,11-14,16,23,29-30H,5-6,10,15H2,1-4H3,(H,27,28). The van der Waals surface area contributed by atoms with Crippen molar-refractivity contribution < 1.29 is 34.4 Å². The second-order valence-electron chi connectivity index (χ2n) is 7.88. The Labute approximate surface area is 188 Å². The molecule has 7 nitrogen and oxygen atoms in total. The molecule has 3 atom stereocenters. The van der Waals surface area contributed by atoms with E-state index in [4.69, 9.17) is 9.47 Å². The number of phenols is 1. The van der Waals surface area contributed by atoms with Crippen LogP contribution in [0.4, 0.5) is 0 Å². The molecule has 0 bridgehead atoms. The summed E-state index contributed by atoms with van der Waals surface area (Å²) >= 11 is 0. The summed E-state index contributed by atoms with van der Waals surface area (Å²) < 4.78 is 12.0.